The number of hydrogen-bond acceptors (Lipinski definition) is 3. The average molecular weight is 375 g/mol. The van der Waals surface area contributed by atoms with Crippen LogP contribution in [0, 0.1) is 5.82 Å². The molecule has 4 nitrogen and oxygen atoms in total. The van der Waals surface area contributed by atoms with Gasteiger partial charge in [-0.05, 0) is 45.9 Å². The first kappa shape index (κ1) is 18.9. The molecular weight excluding hydrogens is 351 g/mol. The van der Waals surface area contributed by atoms with Gasteiger partial charge in [0.05, 0.1) is 0 Å². The SMILES string of the molecule is CC(C)N(CCNC(=O)COc1ccc(Br)cc1F)C(C)C. The molecule has 0 atom stereocenters. The number of hydrogen-bond donors (Lipinski definition) is 1. The molecule has 0 fully saturated rings. The normalized spacial score (nSPS) is 11.3. The smallest absolute Gasteiger partial charge is 0.257 e. The average Bonchev–Trinajstić information content (AvgIpc) is 2.41. The molecule has 0 spiro atoms. The highest BCUT2D eigenvalue weighted by Crippen LogP contribution is 2.21. The predicted octanol–water partition coefficient (Wildman–Crippen LogP) is 3.20. The number of carbonyl (C=O) groups is 1. The van der Waals surface area contributed by atoms with Crippen molar-refractivity contribution in [1.29, 1.82) is 0 Å². The van der Waals surface area contributed by atoms with E-state index in [9.17, 15) is 9.18 Å². The van der Waals surface area contributed by atoms with Crippen LogP contribution in [0.5, 0.6) is 5.75 Å². The van der Waals surface area contributed by atoms with E-state index in [1.54, 1.807) is 6.07 Å². The third-order valence-corrected chi connectivity index (χ3v) is 3.76. The first-order chi connectivity index (χ1) is 10.3. The van der Waals surface area contributed by atoms with E-state index < -0.39 is 5.82 Å². The quantitative estimate of drug-likeness (QED) is 0.759. The summed E-state index contributed by atoms with van der Waals surface area (Å²) in [5, 5.41) is 2.79. The zero-order valence-corrected chi connectivity index (χ0v) is 15.1. The lowest BCUT2D eigenvalue weighted by molar-refractivity contribution is -0.123. The van der Waals surface area contributed by atoms with Crippen molar-refractivity contribution in [1.82, 2.24) is 10.2 Å². The van der Waals surface area contributed by atoms with Crippen LogP contribution in [0.25, 0.3) is 0 Å². The summed E-state index contributed by atoms with van der Waals surface area (Å²) >= 11 is 3.17. The standard InChI is InChI=1S/C16H24BrFN2O2/c1-11(2)20(12(3)4)8-7-19-16(21)10-22-15-6-5-13(17)9-14(15)18/h5-6,9,11-12H,7-8,10H2,1-4H3,(H,19,21). The highest BCUT2D eigenvalue weighted by molar-refractivity contribution is 9.10. The lowest BCUT2D eigenvalue weighted by Gasteiger charge is -2.30. The van der Waals surface area contributed by atoms with Crippen molar-refractivity contribution in [3.05, 3.63) is 28.5 Å². The molecule has 0 aliphatic heterocycles. The molecule has 0 aliphatic rings. The van der Waals surface area contributed by atoms with Crippen LogP contribution in [0.3, 0.4) is 0 Å². The van der Waals surface area contributed by atoms with E-state index in [2.05, 4.69) is 53.8 Å². The van der Waals surface area contributed by atoms with Gasteiger partial charge >= 0.3 is 0 Å². The molecule has 1 aromatic rings. The lowest BCUT2D eigenvalue weighted by atomic mass is 10.2. The lowest BCUT2D eigenvalue weighted by Crippen LogP contribution is -2.43. The molecule has 1 amide bonds. The van der Waals surface area contributed by atoms with Crippen LogP contribution in [0.15, 0.2) is 22.7 Å². The molecule has 0 unspecified atom stereocenters. The fraction of sp³-hybridized carbons (Fsp3) is 0.562. The van der Waals surface area contributed by atoms with E-state index in [1.807, 2.05) is 0 Å². The Kier molecular flexibility index (Phi) is 7.82. The van der Waals surface area contributed by atoms with Crippen LogP contribution in [0.2, 0.25) is 0 Å². The largest absolute Gasteiger partial charge is 0.481 e. The van der Waals surface area contributed by atoms with Crippen LogP contribution >= 0.6 is 15.9 Å². The maximum atomic E-state index is 13.5. The van der Waals surface area contributed by atoms with Crippen LogP contribution in [0.4, 0.5) is 4.39 Å². The van der Waals surface area contributed by atoms with Gasteiger partial charge in [-0.15, -0.1) is 0 Å². The molecule has 1 rings (SSSR count). The second-order valence-electron chi connectivity index (χ2n) is 5.64. The summed E-state index contributed by atoms with van der Waals surface area (Å²) in [6, 6.07) is 5.30. The van der Waals surface area contributed by atoms with Gasteiger partial charge in [-0.25, -0.2) is 4.39 Å². The first-order valence-corrected chi connectivity index (χ1v) is 8.21. The molecule has 0 heterocycles. The Labute approximate surface area is 140 Å². The van der Waals surface area contributed by atoms with Crippen molar-refractivity contribution in [2.24, 2.45) is 0 Å². The van der Waals surface area contributed by atoms with Gasteiger partial charge in [0.1, 0.15) is 0 Å². The highest BCUT2D eigenvalue weighted by Gasteiger charge is 2.13. The second kappa shape index (κ2) is 9.10. The number of halogens is 2. The second-order valence-corrected chi connectivity index (χ2v) is 6.55. The van der Waals surface area contributed by atoms with E-state index in [-0.39, 0.29) is 18.3 Å². The molecule has 1 aromatic carbocycles. The molecule has 124 valence electrons. The summed E-state index contributed by atoms with van der Waals surface area (Å²) in [7, 11) is 0. The number of rotatable bonds is 8. The van der Waals surface area contributed by atoms with Gasteiger partial charge in [0.2, 0.25) is 0 Å². The van der Waals surface area contributed by atoms with Gasteiger partial charge < -0.3 is 10.1 Å². The molecule has 0 saturated carbocycles. The fourth-order valence-electron chi connectivity index (χ4n) is 2.22. The Morgan fingerprint density at radius 1 is 1.32 bits per heavy atom. The number of nitrogens with zero attached hydrogens (tertiary/aromatic N) is 1. The fourth-order valence-corrected chi connectivity index (χ4v) is 2.56. The minimum Gasteiger partial charge on any atom is -0.481 e. The topological polar surface area (TPSA) is 41.6 Å². The van der Waals surface area contributed by atoms with Gasteiger partial charge in [-0.1, -0.05) is 15.9 Å². The third kappa shape index (κ3) is 6.32. The summed E-state index contributed by atoms with van der Waals surface area (Å²) < 4.78 is 19.4. The van der Waals surface area contributed by atoms with Gasteiger partial charge in [-0.2, -0.15) is 0 Å². The van der Waals surface area contributed by atoms with E-state index >= 15 is 0 Å². The van der Waals surface area contributed by atoms with Crippen molar-refractivity contribution in [2.45, 2.75) is 39.8 Å². The van der Waals surface area contributed by atoms with Crippen molar-refractivity contribution >= 4 is 21.8 Å². The molecule has 0 saturated heterocycles. The molecule has 0 bridgehead atoms. The Morgan fingerprint density at radius 3 is 2.50 bits per heavy atom. The zero-order chi connectivity index (χ0) is 16.7. The Morgan fingerprint density at radius 2 is 1.95 bits per heavy atom. The van der Waals surface area contributed by atoms with Crippen LogP contribution in [0.1, 0.15) is 27.7 Å². The van der Waals surface area contributed by atoms with Gasteiger partial charge in [-0.3, -0.25) is 9.69 Å². The van der Waals surface area contributed by atoms with Crippen molar-refractivity contribution in [3.8, 4) is 5.75 Å². The predicted molar refractivity (Wildman–Crippen MR) is 89.6 cm³/mol. The summed E-state index contributed by atoms with van der Waals surface area (Å²) in [4.78, 5) is 14.0. The molecular formula is C16H24BrFN2O2. The van der Waals surface area contributed by atoms with E-state index in [0.717, 1.165) is 6.54 Å². The monoisotopic (exact) mass is 374 g/mol. The third-order valence-electron chi connectivity index (χ3n) is 3.27. The maximum absolute atomic E-state index is 13.5. The molecule has 1 N–H and O–H groups in total. The Bertz CT molecular complexity index is 487. The van der Waals surface area contributed by atoms with E-state index in [1.165, 1.54) is 12.1 Å². The van der Waals surface area contributed by atoms with Crippen LogP contribution in [-0.4, -0.2) is 42.6 Å². The summed E-state index contributed by atoms with van der Waals surface area (Å²) in [5.41, 5.74) is 0. The molecule has 0 radical (unpaired) electrons. The molecule has 0 aromatic heterocycles. The van der Waals surface area contributed by atoms with Crippen molar-refractivity contribution in [2.75, 3.05) is 19.7 Å². The maximum Gasteiger partial charge on any atom is 0.257 e. The van der Waals surface area contributed by atoms with Crippen molar-refractivity contribution < 1.29 is 13.9 Å². The van der Waals surface area contributed by atoms with Crippen molar-refractivity contribution in [3.63, 3.8) is 0 Å². The summed E-state index contributed by atoms with van der Waals surface area (Å²) in [6.07, 6.45) is 0. The molecule has 6 heteroatoms. The summed E-state index contributed by atoms with van der Waals surface area (Å²) in [6.45, 7) is 9.63. The Hall–Kier alpha value is -1.14. The minimum atomic E-state index is -0.493. The number of nitrogens with one attached hydrogen (secondary N) is 1. The zero-order valence-electron chi connectivity index (χ0n) is 13.5. The molecule has 22 heavy (non-hydrogen) atoms. The van der Waals surface area contributed by atoms with Gasteiger partial charge in [0, 0.05) is 29.6 Å². The van der Waals surface area contributed by atoms with Crippen LogP contribution < -0.4 is 10.1 Å². The van der Waals surface area contributed by atoms with E-state index in [4.69, 9.17) is 4.74 Å². The summed E-state index contributed by atoms with van der Waals surface area (Å²) in [5.74, 6) is -0.674. The minimum absolute atomic E-state index is 0.0735. The van der Waals surface area contributed by atoms with Crippen LogP contribution in [-0.2, 0) is 4.79 Å². The van der Waals surface area contributed by atoms with Gasteiger partial charge in [0.15, 0.2) is 18.2 Å². The number of ether oxygens (including phenoxy) is 1. The first-order valence-electron chi connectivity index (χ1n) is 7.41. The highest BCUT2D eigenvalue weighted by atomic mass is 79.9. The molecule has 0 aliphatic carbocycles. The van der Waals surface area contributed by atoms with E-state index in [0.29, 0.717) is 23.1 Å². The Balaban J connectivity index is 2.34. The number of benzene rings is 1. The number of amides is 1. The van der Waals surface area contributed by atoms with Gasteiger partial charge in [0.25, 0.3) is 5.91 Å². The number of carbonyl (C=O) groups excluding carboxylic acids is 1.